The summed E-state index contributed by atoms with van der Waals surface area (Å²) in [6.45, 7) is 7.43. The number of pyridine rings is 1. The van der Waals surface area contributed by atoms with Crippen LogP contribution in [0.3, 0.4) is 0 Å². The van der Waals surface area contributed by atoms with Gasteiger partial charge in [-0.15, -0.1) is 0 Å². The van der Waals surface area contributed by atoms with Gasteiger partial charge < -0.3 is 4.52 Å². The van der Waals surface area contributed by atoms with E-state index in [-0.39, 0.29) is 0 Å². The number of nitrogens with zero attached hydrogens (tertiary/aromatic N) is 4. The standard InChI is InChI=1S/C15H19ClN4O/c1-10-6-11(2)8-20(7-10)9-13-18-15(19-21-13)12-4-3-5-17-14(12)16/h3-5,10-11H,6-9H2,1-2H3/t10-,11+. The summed E-state index contributed by atoms with van der Waals surface area (Å²) in [5.74, 6) is 2.56. The molecule has 0 saturated carbocycles. The highest BCUT2D eigenvalue weighted by Gasteiger charge is 2.23. The Morgan fingerprint density at radius 2 is 2.10 bits per heavy atom. The molecule has 1 fully saturated rings. The number of aromatic nitrogens is 3. The van der Waals surface area contributed by atoms with Crippen molar-refractivity contribution in [2.45, 2.75) is 26.8 Å². The van der Waals surface area contributed by atoms with Crippen molar-refractivity contribution >= 4 is 11.6 Å². The average molecular weight is 307 g/mol. The van der Waals surface area contributed by atoms with Gasteiger partial charge in [0.05, 0.1) is 12.1 Å². The first-order valence-electron chi connectivity index (χ1n) is 7.27. The molecule has 1 saturated heterocycles. The topological polar surface area (TPSA) is 55.1 Å². The lowest BCUT2D eigenvalue weighted by Gasteiger charge is -2.33. The van der Waals surface area contributed by atoms with E-state index in [1.54, 1.807) is 6.20 Å². The first-order valence-corrected chi connectivity index (χ1v) is 7.65. The summed E-state index contributed by atoms with van der Waals surface area (Å²) >= 11 is 6.05. The average Bonchev–Trinajstić information content (AvgIpc) is 2.86. The van der Waals surface area contributed by atoms with Gasteiger partial charge in [0.15, 0.2) is 0 Å². The predicted octanol–water partition coefficient (Wildman–Crippen LogP) is 3.26. The molecule has 0 spiro atoms. The van der Waals surface area contributed by atoms with Gasteiger partial charge in [-0.25, -0.2) is 4.98 Å². The van der Waals surface area contributed by atoms with Crippen molar-refractivity contribution in [1.82, 2.24) is 20.0 Å². The fourth-order valence-corrected chi connectivity index (χ4v) is 3.30. The highest BCUT2D eigenvalue weighted by molar-refractivity contribution is 6.31. The normalized spacial score (nSPS) is 23.4. The van der Waals surface area contributed by atoms with Crippen LogP contribution in [0.2, 0.25) is 5.15 Å². The van der Waals surface area contributed by atoms with Gasteiger partial charge in [-0.2, -0.15) is 4.98 Å². The Bertz CT molecular complexity index is 605. The lowest BCUT2D eigenvalue weighted by atomic mass is 9.92. The molecule has 2 atom stereocenters. The van der Waals surface area contributed by atoms with E-state index in [1.807, 2.05) is 12.1 Å². The molecule has 0 aliphatic carbocycles. The summed E-state index contributed by atoms with van der Waals surface area (Å²) in [4.78, 5) is 10.9. The maximum Gasteiger partial charge on any atom is 0.241 e. The van der Waals surface area contributed by atoms with Gasteiger partial charge in [-0.3, -0.25) is 4.90 Å². The summed E-state index contributed by atoms with van der Waals surface area (Å²) in [7, 11) is 0. The molecule has 5 nitrogen and oxygen atoms in total. The van der Waals surface area contributed by atoms with Crippen molar-refractivity contribution < 1.29 is 4.52 Å². The van der Waals surface area contributed by atoms with Gasteiger partial charge in [-0.1, -0.05) is 30.6 Å². The maximum absolute atomic E-state index is 6.05. The molecule has 3 rings (SSSR count). The van der Waals surface area contributed by atoms with Crippen molar-refractivity contribution in [3.8, 4) is 11.4 Å². The molecule has 6 heteroatoms. The fourth-order valence-electron chi connectivity index (χ4n) is 3.09. The molecule has 2 aromatic heterocycles. The monoisotopic (exact) mass is 306 g/mol. The van der Waals surface area contributed by atoms with Gasteiger partial charge in [0, 0.05) is 19.3 Å². The van der Waals surface area contributed by atoms with Crippen LogP contribution in [0.25, 0.3) is 11.4 Å². The summed E-state index contributed by atoms with van der Waals surface area (Å²) in [6.07, 6.45) is 2.93. The van der Waals surface area contributed by atoms with Crippen molar-refractivity contribution in [2.75, 3.05) is 13.1 Å². The Kier molecular flexibility index (Phi) is 4.22. The van der Waals surface area contributed by atoms with Crippen LogP contribution in [0.4, 0.5) is 0 Å². The van der Waals surface area contributed by atoms with Gasteiger partial charge in [-0.05, 0) is 30.4 Å². The third kappa shape index (κ3) is 3.41. The Morgan fingerprint density at radius 3 is 2.81 bits per heavy atom. The van der Waals surface area contributed by atoms with Crippen LogP contribution >= 0.6 is 11.6 Å². The molecule has 0 amide bonds. The molecule has 0 radical (unpaired) electrons. The molecule has 21 heavy (non-hydrogen) atoms. The van der Waals surface area contributed by atoms with E-state index in [1.165, 1.54) is 6.42 Å². The number of rotatable bonds is 3. The second-order valence-corrected chi connectivity index (χ2v) is 6.35. The smallest absolute Gasteiger partial charge is 0.241 e. The van der Waals surface area contributed by atoms with Gasteiger partial charge >= 0.3 is 0 Å². The zero-order chi connectivity index (χ0) is 14.8. The second kappa shape index (κ2) is 6.12. The highest BCUT2D eigenvalue weighted by atomic mass is 35.5. The van der Waals surface area contributed by atoms with Crippen molar-refractivity contribution in [1.29, 1.82) is 0 Å². The molecular weight excluding hydrogens is 288 g/mol. The lowest BCUT2D eigenvalue weighted by Crippen LogP contribution is -2.38. The Labute approximate surface area is 129 Å². The van der Waals surface area contributed by atoms with E-state index >= 15 is 0 Å². The molecule has 0 N–H and O–H groups in total. The highest BCUT2D eigenvalue weighted by Crippen LogP contribution is 2.25. The maximum atomic E-state index is 6.05. The van der Waals surface area contributed by atoms with Crippen LogP contribution in [0, 0.1) is 11.8 Å². The summed E-state index contributed by atoms with van der Waals surface area (Å²) in [6, 6.07) is 3.65. The van der Waals surface area contributed by atoms with Crippen LogP contribution in [0.5, 0.6) is 0 Å². The number of piperidine rings is 1. The van der Waals surface area contributed by atoms with E-state index < -0.39 is 0 Å². The van der Waals surface area contributed by atoms with E-state index in [4.69, 9.17) is 16.1 Å². The minimum Gasteiger partial charge on any atom is -0.338 e. The molecule has 3 heterocycles. The lowest BCUT2D eigenvalue weighted by molar-refractivity contribution is 0.121. The number of likely N-dealkylation sites (tertiary alicyclic amines) is 1. The molecule has 112 valence electrons. The van der Waals surface area contributed by atoms with Gasteiger partial charge in [0.2, 0.25) is 11.7 Å². The van der Waals surface area contributed by atoms with Crippen LogP contribution in [0.1, 0.15) is 26.2 Å². The number of hydrogen-bond donors (Lipinski definition) is 0. The SMILES string of the molecule is C[C@@H]1C[C@H](C)CN(Cc2nc(-c3cccnc3Cl)no2)C1. The Hall–Kier alpha value is -1.46. The van der Waals surface area contributed by atoms with Gasteiger partial charge in [0.25, 0.3) is 0 Å². The molecule has 0 unspecified atom stereocenters. The van der Waals surface area contributed by atoms with Crippen LogP contribution < -0.4 is 0 Å². The van der Waals surface area contributed by atoms with Crippen molar-refractivity contribution in [3.05, 3.63) is 29.4 Å². The molecule has 2 aromatic rings. The minimum absolute atomic E-state index is 0.394. The molecule has 1 aliphatic heterocycles. The Balaban J connectivity index is 1.72. The quantitative estimate of drug-likeness (QED) is 0.815. The van der Waals surface area contributed by atoms with E-state index in [0.29, 0.717) is 40.8 Å². The zero-order valence-corrected chi connectivity index (χ0v) is 13.0. The first-order chi connectivity index (χ1) is 10.1. The van der Waals surface area contributed by atoms with Crippen molar-refractivity contribution in [3.63, 3.8) is 0 Å². The second-order valence-electron chi connectivity index (χ2n) is 5.99. The predicted molar refractivity (Wildman–Crippen MR) is 80.8 cm³/mol. The largest absolute Gasteiger partial charge is 0.338 e. The van der Waals surface area contributed by atoms with Crippen LogP contribution in [-0.2, 0) is 6.54 Å². The fraction of sp³-hybridized carbons (Fsp3) is 0.533. The third-order valence-corrected chi connectivity index (χ3v) is 4.07. The Morgan fingerprint density at radius 1 is 1.33 bits per heavy atom. The number of halogens is 1. The zero-order valence-electron chi connectivity index (χ0n) is 12.3. The van der Waals surface area contributed by atoms with Crippen molar-refractivity contribution in [2.24, 2.45) is 11.8 Å². The van der Waals surface area contributed by atoms with Gasteiger partial charge in [0.1, 0.15) is 5.15 Å². The molecular formula is C15H19ClN4O. The molecule has 1 aliphatic rings. The molecule has 0 aromatic carbocycles. The first kappa shape index (κ1) is 14.5. The van der Waals surface area contributed by atoms with Crippen LogP contribution in [0.15, 0.2) is 22.9 Å². The molecule has 0 bridgehead atoms. The van der Waals surface area contributed by atoms with E-state index in [0.717, 1.165) is 13.1 Å². The van der Waals surface area contributed by atoms with Crippen LogP contribution in [-0.4, -0.2) is 33.1 Å². The third-order valence-electron chi connectivity index (χ3n) is 3.77. The summed E-state index contributed by atoms with van der Waals surface area (Å²) in [5.41, 5.74) is 0.703. The number of hydrogen-bond acceptors (Lipinski definition) is 5. The summed E-state index contributed by atoms with van der Waals surface area (Å²) in [5, 5.41) is 4.41. The van der Waals surface area contributed by atoms with E-state index in [9.17, 15) is 0 Å². The van der Waals surface area contributed by atoms with E-state index in [2.05, 4.69) is 33.9 Å². The summed E-state index contributed by atoms with van der Waals surface area (Å²) < 4.78 is 5.36. The minimum atomic E-state index is 0.394.